The number of aliphatic hydroxyl groups is 1. The normalized spacial score (nSPS) is 16.7. The Morgan fingerprint density at radius 3 is 2.27 bits per heavy atom. The molecule has 5 heteroatoms. The molecule has 26 heavy (non-hydrogen) atoms. The number of hydrogen-bond donors (Lipinski definition) is 2. The van der Waals surface area contributed by atoms with Crippen molar-refractivity contribution in [2.75, 3.05) is 0 Å². The number of carbonyl (C=O) groups is 1. The molecule has 1 fully saturated rings. The summed E-state index contributed by atoms with van der Waals surface area (Å²) >= 11 is 0. The van der Waals surface area contributed by atoms with Gasteiger partial charge in [0.05, 0.1) is 0 Å². The zero-order valence-corrected chi connectivity index (χ0v) is 14.7. The number of nitrogens with zero attached hydrogens (tertiary/aromatic N) is 1. The van der Waals surface area contributed by atoms with E-state index < -0.39 is 12.2 Å². The summed E-state index contributed by atoms with van der Waals surface area (Å²) in [6, 6.07) is 18.6. The third-order valence-electron chi connectivity index (χ3n) is 4.60. The van der Waals surface area contributed by atoms with Gasteiger partial charge in [-0.15, -0.1) is 0 Å². The quantitative estimate of drug-likeness (QED) is 0.482. The van der Waals surface area contributed by atoms with Gasteiger partial charge < -0.3 is 10.4 Å². The fraction of sp³-hybridized carbons (Fsp3) is 0.333. The highest BCUT2D eigenvalue weighted by Gasteiger charge is 2.20. The van der Waals surface area contributed by atoms with Crippen LogP contribution < -0.4 is 5.32 Å². The minimum atomic E-state index is -0.985. The topological polar surface area (TPSA) is 70.9 Å². The first-order valence-corrected chi connectivity index (χ1v) is 9.08. The fourth-order valence-electron chi connectivity index (χ4n) is 3.19. The summed E-state index contributed by atoms with van der Waals surface area (Å²) in [6.07, 6.45) is 3.83. The summed E-state index contributed by atoms with van der Waals surface area (Å²) in [5.41, 5.74) is 1.69. The molecule has 1 aliphatic carbocycles. The van der Waals surface area contributed by atoms with E-state index in [2.05, 4.69) is 10.5 Å². The maximum Gasteiger partial charge on any atom is 0.433 e. The van der Waals surface area contributed by atoms with E-state index >= 15 is 0 Å². The molecule has 2 N–H and O–H groups in total. The zero-order valence-electron chi connectivity index (χ0n) is 14.7. The van der Waals surface area contributed by atoms with Gasteiger partial charge in [-0.25, -0.2) is 4.79 Å². The van der Waals surface area contributed by atoms with Crippen molar-refractivity contribution in [3.05, 3.63) is 71.8 Å². The Labute approximate surface area is 153 Å². The molecule has 5 nitrogen and oxygen atoms in total. The van der Waals surface area contributed by atoms with Crippen LogP contribution in [0.15, 0.2) is 65.8 Å². The van der Waals surface area contributed by atoms with Crippen molar-refractivity contribution in [2.45, 2.75) is 44.2 Å². The molecule has 0 spiro atoms. The molecular formula is C21H24N2O3. The van der Waals surface area contributed by atoms with Gasteiger partial charge in [-0.05, 0) is 18.4 Å². The summed E-state index contributed by atoms with van der Waals surface area (Å²) in [6.45, 7) is 0. The van der Waals surface area contributed by atoms with Crippen LogP contribution in [0.1, 0.15) is 49.3 Å². The van der Waals surface area contributed by atoms with Crippen LogP contribution in [-0.4, -0.2) is 23.0 Å². The summed E-state index contributed by atoms with van der Waals surface area (Å²) in [7, 11) is 0. The van der Waals surface area contributed by atoms with Gasteiger partial charge in [0.2, 0.25) is 0 Å². The van der Waals surface area contributed by atoms with Crippen molar-refractivity contribution in [3.63, 3.8) is 0 Å². The maximum absolute atomic E-state index is 12.1. The number of benzene rings is 2. The van der Waals surface area contributed by atoms with E-state index in [1.165, 1.54) is 6.42 Å². The lowest BCUT2D eigenvalue weighted by molar-refractivity contribution is 0.141. The molecule has 0 aliphatic heterocycles. The SMILES string of the molecule is O=C(NC1CCCCC1)O/N=C(\c1ccccc1)C(O)c1ccccc1. The van der Waals surface area contributed by atoms with Crippen molar-refractivity contribution in [2.24, 2.45) is 5.16 Å². The van der Waals surface area contributed by atoms with E-state index in [9.17, 15) is 9.90 Å². The number of carbonyl (C=O) groups excluding carboxylic acids is 1. The Kier molecular flexibility index (Phi) is 6.39. The highest BCUT2D eigenvalue weighted by atomic mass is 16.7. The Morgan fingerprint density at radius 2 is 1.62 bits per heavy atom. The lowest BCUT2D eigenvalue weighted by Gasteiger charge is -2.21. The van der Waals surface area contributed by atoms with Gasteiger partial charge in [0.1, 0.15) is 11.8 Å². The average Bonchev–Trinajstić information content (AvgIpc) is 2.70. The first-order chi connectivity index (χ1) is 12.7. The summed E-state index contributed by atoms with van der Waals surface area (Å²) < 4.78 is 0. The Balaban J connectivity index is 1.74. The number of rotatable bonds is 5. The van der Waals surface area contributed by atoms with Crippen molar-refractivity contribution in [3.8, 4) is 0 Å². The first-order valence-electron chi connectivity index (χ1n) is 9.08. The molecule has 0 aromatic heterocycles. The largest absolute Gasteiger partial charge is 0.433 e. The van der Waals surface area contributed by atoms with Gasteiger partial charge in [0, 0.05) is 11.6 Å². The second kappa shape index (κ2) is 9.15. The van der Waals surface area contributed by atoms with Gasteiger partial charge in [0.15, 0.2) is 0 Å². The molecule has 1 unspecified atom stereocenters. The molecule has 2 aromatic rings. The molecule has 0 radical (unpaired) electrons. The average molecular weight is 352 g/mol. The van der Waals surface area contributed by atoms with Crippen LogP contribution in [0.3, 0.4) is 0 Å². The van der Waals surface area contributed by atoms with Crippen molar-refractivity contribution in [1.82, 2.24) is 5.32 Å². The van der Waals surface area contributed by atoms with Gasteiger partial charge in [-0.2, -0.15) is 0 Å². The molecule has 2 aromatic carbocycles. The maximum atomic E-state index is 12.1. The molecular weight excluding hydrogens is 328 g/mol. The van der Waals surface area contributed by atoms with Gasteiger partial charge in [0.25, 0.3) is 0 Å². The van der Waals surface area contributed by atoms with Crippen molar-refractivity contribution < 1.29 is 14.7 Å². The van der Waals surface area contributed by atoms with Gasteiger partial charge >= 0.3 is 6.09 Å². The molecule has 0 saturated heterocycles. The fourth-order valence-corrected chi connectivity index (χ4v) is 3.19. The van der Waals surface area contributed by atoms with E-state index in [1.807, 2.05) is 60.7 Å². The molecule has 136 valence electrons. The first kappa shape index (κ1) is 18.1. The standard InChI is InChI=1S/C21H24N2O3/c24-20(17-12-6-2-7-13-17)19(16-10-4-1-5-11-16)23-26-21(25)22-18-14-8-3-9-15-18/h1-2,4-7,10-13,18,20,24H,3,8-9,14-15H2,(H,22,25)/b23-19+. The second-order valence-electron chi connectivity index (χ2n) is 6.51. The molecule has 1 amide bonds. The van der Waals surface area contributed by atoms with E-state index in [1.54, 1.807) is 0 Å². The number of aliphatic hydroxyl groups excluding tert-OH is 1. The second-order valence-corrected chi connectivity index (χ2v) is 6.51. The summed E-state index contributed by atoms with van der Waals surface area (Å²) in [4.78, 5) is 17.2. The van der Waals surface area contributed by atoms with Crippen LogP contribution >= 0.6 is 0 Å². The van der Waals surface area contributed by atoms with Gasteiger partial charge in [-0.1, -0.05) is 85.1 Å². The number of oxime groups is 1. The van der Waals surface area contributed by atoms with Crippen LogP contribution in [0.25, 0.3) is 0 Å². The highest BCUT2D eigenvalue weighted by Crippen LogP contribution is 2.20. The highest BCUT2D eigenvalue weighted by molar-refractivity contribution is 6.04. The molecule has 0 heterocycles. The van der Waals surface area contributed by atoms with Crippen LogP contribution in [0.4, 0.5) is 4.79 Å². The number of nitrogens with one attached hydrogen (secondary N) is 1. The third kappa shape index (κ3) is 4.92. The zero-order chi connectivity index (χ0) is 18.2. The molecule has 1 saturated carbocycles. The lowest BCUT2D eigenvalue weighted by atomic mass is 9.96. The predicted octanol–water partition coefficient (Wildman–Crippen LogP) is 4.18. The smallest absolute Gasteiger partial charge is 0.382 e. The van der Waals surface area contributed by atoms with E-state index in [-0.39, 0.29) is 6.04 Å². The molecule has 1 aliphatic rings. The number of amides is 1. The predicted molar refractivity (Wildman–Crippen MR) is 101 cm³/mol. The van der Waals surface area contributed by atoms with Crippen LogP contribution in [0, 0.1) is 0 Å². The molecule has 0 bridgehead atoms. The lowest BCUT2D eigenvalue weighted by Crippen LogP contribution is -2.36. The Morgan fingerprint density at radius 1 is 1.00 bits per heavy atom. The minimum Gasteiger partial charge on any atom is -0.382 e. The number of hydrogen-bond acceptors (Lipinski definition) is 4. The summed E-state index contributed by atoms with van der Waals surface area (Å²) in [5.74, 6) is 0. The van der Waals surface area contributed by atoms with E-state index in [4.69, 9.17) is 4.84 Å². The third-order valence-corrected chi connectivity index (χ3v) is 4.60. The van der Waals surface area contributed by atoms with Crippen molar-refractivity contribution in [1.29, 1.82) is 0 Å². The van der Waals surface area contributed by atoms with Crippen LogP contribution in [-0.2, 0) is 4.84 Å². The van der Waals surface area contributed by atoms with Crippen LogP contribution in [0.5, 0.6) is 0 Å². The van der Waals surface area contributed by atoms with E-state index in [0.29, 0.717) is 16.8 Å². The molecule has 1 atom stereocenters. The van der Waals surface area contributed by atoms with E-state index in [0.717, 1.165) is 25.7 Å². The van der Waals surface area contributed by atoms with Gasteiger partial charge in [-0.3, -0.25) is 4.84 Å². The monoisotopic (exact) mass is 352 g/mol. The summed E-state index contributed by atoms with van der Waals surface area (Å²) in [5, 5.41) is 17.6. The Hall–Kier alpha value is -2.66. The van der Waals surface area contributed by atoms with Crippen molar-refractivity contribution >= 4 is 11.8 Å². The molecule has 3 rings (SSSR count). The Bertz CT molecular complexity index is 725. The minimum absolute atomic E-state index is 0.144. The van der Waals surface area contributed by atoms with Crippen LogP contribution in [0.2, 0.25) is 0 Å².